The molecule has 0 aliphatic rings. The summed E-state index contributed by atoms with van der Waals surface area (Å²) in [5.74, 6) is -0.898. The normalized spacial score (nSPS) is 11.9. The molecular formula is C12H10O2S. The van der Waals surface area contributed by atoms with E-state index in [-0.39, 0.29) is 0 Å². The summed E-state index contributed by atoms with van der Waals surface area (Å²) in [6.07, 6.45) is 1.24. The highest BCUT2D eigenvalue weighted by Crippen LogP contribution is 2.29. The number of hydrogen-bond donors (Lipinski definition) is 1. The molecule has 0 fully saturated rings. The molecule has 0 saturated carbocycles. The molecule has 1 aromatic heterocycles. The van der Waals surface area contributed by atoms with Gasteiger partial charge in [0.1, 0.15) is 0 Å². The van der Waals surface area contributed by atoms with Gasteiger partial charge in [-0.25, -0.2) is 4.79 Å². The summed E-state index contributed by atoms with van der Waals surface area (Å²) >= 11 is 1.62. The monoisotopic (exact) mass is 218 g/mol. The van der Waals surface area contributed by atoms with E-state index in [1.54, 1.807) is 11.3 Å². The molecule has 0 bridgehead atoms. The van der Waals surface area contributed by atoms with Gasteiger partial charge in [-0.1, -0.05) is 18.2 Å². The fourth-order valence-electron chi connectivity index (χ4n) is 1.43. The van der Waals surface area contributed by atoms with Gasteiger partial charge in [0, 0.05) is 15.7 Å². The van der Waals surface area contributed by atoms with Gasteiger partial charge in [-0.05, 0) is 30.0 Å². The Morgan fingerprint density at radius 2 is 2.13 bits per heavy atom. The van der Waals surface area contributed by atoms with E-state index in [2.05, 4.69) is 0 Å². The van der Waals surface area contributed by atoms with Crippen LogP contribution in [0.15, 0.2) is 36.4 Å². The number of allylic oxidation sites excluding steroid dienone is 1. The average Bonchev–Trinajstić information content (AvgIpc) is 2.59. The lowest BCUT2D eigenvalue weighted by molar-refractivity contribution is -0.131. The van der Waals surface area contributed by atoms with Crippen molar-refractivity contribution >= 4 is 33.0 Å². The van der Waals surface area contributed by atoms with Crippen LogP contribution in [-0.2, 0) is 4.79 Å². The maximum absolute atomic E-state index is 10.5. The van der Waals surface area contributed by atoms with Crippen LogP contribution >= 0.6 is 11.3 Å². The molecule has 2 rings (SSSR count). The van der Waals surface area contributed by atoms with Gasteiger partial charge in [0.25, 0.3) is 0 Å². The number of rotatable bonds is 2. The Balaban J connectivity index is 2.49. The Labute approximate surface area is 91.5 Å². The van der Waals surface area contributed by atoms with Crippen LogP contribution in [0.3, 0.4) is 0 Å². The first-order valence-electron chi connectivity index (χ1n) is 4.57. The van der Waals surface area contributed by atoms with E-state index in [0.717, 1.165) is 15.8 Å². The summed E-state index contributed by atoms with van der Waals surface area (Å²) in [4.78, 5) is 11.5. The van der Waals surface area contributed by atoms with Crippen LogP contribution < -0.4 is 0 Å². The molecule has 1 aromatic carbocycles. The molecule has 2 aromatic rings. The summed E-state index contributed by atoms with van der Waals surface area (Å²) in [7, 11) is 0. The van der Waals surface area contributed by atoms with Crippen LogP contribution in [0.5, 0.6) is 0 Å². The molecular weight excluding hydrogens is 208 g/mol. The molecule has 15 heavy (non-hydrogen) atoms. The molecule has 0 atom stereocenters. The van der Waals surface area contributed by atoms with Crippen LogP contribution in [0, 0.1) is 0 Å². The van der Waals surface area contributed by atoms with E-state index in [1.165, 1.54) is 10.8 Å². The van der Waals surface area contributed by atoms with Crippen LogP contribution in [0.4, 0.5) is 0 Å². The molecule has 0 saturated heterocycles. The van der Waals surface area contributed by atoms with E-state index in [1.807, 2.05) is 37.3 Å². The van der Waals surface area contributed by atoms with Gasteiger partial charge in [-0.15, -0.1) is 11.3 Å². The fourth-order valence-corrected chi connectivity index (χ4v) is 2.47. The third-order valence-electron chi connectivity index (χ3n) is 2.15. The van der Waals surface area contributed by atoms with Crippen molar-refractivity contribution in [2.24, 2.45) is 0 Å². The number of carbonyl (C=O) groups is 1. The van der Waals surface area contributed by atoms with E-state index < -0.39 is 5.97 Å². The van der Waals surface area contributed by atoms with Crippen LogP contribution in [-0.4, -0.2) is 11.1 Å². The largest absolute Gasteiger partial charge is 0.478 e. The maximum atomic E-state index is 10.5. The second-order valence-electron chi connectivity index (χ2n) is 3.31. The molecule has 76 valence electrons. The lowest BCUT2D eigenvalue weighted by Crippen LogP contribution is -1.88. The van der Waals surface area contributed by atoms with E-state index in [0.29, 0.717) is 0 Å². The molecule has 0 amide bonds. The third-order valence-corrected chi connectivity index (χ3v) is 3.41. The van der Waals surface area contributed by atoms with Gasteiger partial charge >= 0.3 is 5.97 Å². The second kappa shape index (κ2) is 3.87. The number of aliphatic carboxylic acids is 1. The first kappa shape index (κ1) is 9.93. The Bertz CT molecular complexity index is 504. The van der Waals surface area contributed by atoms with Gasteiger partial charge in [-0.2, -0.15) is 0 Å². The van der Waals surface area contributed by atoms with E-state index in [9.17, 15) is 4.79 Å². The number of carboxylic acids is 1. The van der Waals surface area contributed by atoms with Crippen LogP contribution in [0.1, 0.15) is 11.8 Å². The second-order valence-corrected chi connectivity index (χ2v) is 4.40. The highest BCUT2D eigenvalue weighted by Gasteiger charge is 2.03. The standard InChI is InChI=1S/C12H10O2S/c1-8(6-12(13)14)11-7-9-4-2-3-5-10(9)15-11/h2-7H,1H3,(H,13,14)/b8-6-. The van der Waals surface area contributed by atoms with Gasteiger partial charge < -0.3 is 5.11 Å². The number of fused-ring (bicyclic) bond motifs is 1. The summed E-state index contributed by atoms with van der Waals surface area (Å²) < 4.78 is 1.19. The van der Waals surface area contributed by atoms with Crippen LogP contribution in [0.2, 0.25) is 0 Å². The van der Waals surface area contributed by atoms with Crippen molar-refractivity contribution in [2.75, 3.05) is 0 Å². The molecule has 0 radical (unpaired) electrons. The van der Waals surface area contributed by atoms with Gasteiger partial charge in [0.2, 0.25) is 0 Å². The Morgan fingerprint density at radius 1 is 1.40 bits per heavy atom. The summed E-state index contributed by atoms with van der Waals surface area (Å²) in [5.41, 5.74) is 0.795. The predicted octanol–water partition coefficient (Wildman–Crippen LogP) is 3.39. The quantitative estimate of drug-likeness (QED) is 0.784. The van der Waals surface area contributed by atoms with Crippen molar-refractivity contribution in [3.63, 3.8) is 0 Å². The summed E-state index contributed by atoms with van der Waals surface area (Å²) in [5, 5.41) is 9.81. The van der Waals surface area contributed by atoms with E-state index >= 15 is 0 Å². The highest BCUT2D eigenvalue weighted by atomic mass is 32.1. The van der Waals surface area contributed by atoms with Crippen molar-refractivity contribution in [2.45, 2.75) is 6.92 Å². The van der Waals surface area contributed by atoms with Crippen molar-refractivity contribution in [3.8, 4) is 0 Å². The average molecular weight is 218 g/mol. The van der Waals surface area contributed by atoms with Crippen molar-refractivity contribution < 1.29 is 9.90 Å². The minimum atomic E-state index is -0.898. The maximum Gasteiger partial charge on any atom is 0.328 e. The Kier molecular flexibility index (Phi) is 2.56. The summed E-state index contributed by atoms with van der Waals surface area (Å²) in [6, 6.07) is 10.1. The molecule has 1 N–H and O–H groups in total. The first-order valence-corrected chi connectivity index (χ1v) is 5.38. The third kappa shape index (κ3) is 2.07. The zero-order valence-electron chi connectivity index (χ0n) is 8.23. The SMILES string of the molecule is C/C(=C/C(=O)O)c1cc2ccccc2s1. The minimum Gasteiger partial charge on any atom is -0.478 e. The molecule has 1 heterocycles. The molecule has 0 aliphatic heterocycles. The first-order chi connectivity index (χ1) is 7.16. The van der Waals surface area contributed by atoms with Gasteiger partial charge in [0.15, 0.2) is 0 Å². The van der Waals surface area contributed by atoms with Crippen LogP contribution in [0.25, 0.3) is 15.7 Å². The lowest BCUT2D eigenvalue weighted by atomic mass is 10.2. The topological polar surface area (TPSA) is 37.3 Å². The highest BCUT2D eigenvalue weighted by molar-refractivity contribution is 7.20. The zero-order valence-corrected chi connectivity index (χ0v) is 9.04. The van der Waals surface area contributed by atoms with Gasteiger partial charge in [0.05, 0.1) is 0 Å². The van der Waals surface area contributed by atoms with Crippen molar-refractivity contribution in [3.05, 3.63) is 41.3 Å². The molecule has 0 aliphatic carbocycles. The number of hydrogen-bond acceptors (Lipinski definition) is 2. The number of benzene rings is 1. The molecule has 2 nitrogen and oxygen atoms in total. The number of thiophene rings is 1. The van der Waals surface area contributed by atoms with Crippen molar-refractivity contribution in [1.29, 1.82) is 0 Å². The van der Waals surface area contributed by atoms with E-state index in [4.69, 9.17) is 5.11 Å². The van der Waals surface area contributed by atoms with Crippen molar-refractivity contribution in [1.82, 2.24) is 0 Å². The molecule has 0 spiro atoms. The lowest BCUT2D eigenvalue weighted by Gasteiger charge is -1.92. The molecule has 0 unspecified atom stereocenters. The fraction of sp³-hybridized carbons (Fsp3) is 0.0833. The zero-order chi connectivity index (χ0) is 10.8. The van der Waals surface area contributed by atoms with Gasteiger partial charge in [-0.3, -0.25) is 0 Å². The Morgan fingerprint density at radius 3 is 2.80 bits per heavy atom. The number of carboxylic acid groups (broad SMARTS) is 1. The predicted molar refractivity (Wildman–Crippen MR) is 63.1 cm³/mol. The smallest absolute Gasteiger partial charge is 0.328 e. The summed E-state index contributed by atoms with van der Waals surface area (Å²) in [6.45, 7) is 1.82. The minimum absolute atomic E-state index is 0.795. The molecule has 3 heteroatoms. The Hall–Kier alpha value is -1.61.